The summed E-state index contributed by atoms with van der Waals surface area (Å²) in [5.41, 5.74) is -0.648. The van der Waals surface area contributed by atoms with Crippen molar-refractivity contribution in [1.82, 2.24) is 0 Å². The number of hydrogen-bond acceptors (Lipinski definition) is 2. The maximum Gasteiger partial charge on any atom is 0.151 e. The molecule has 12 heavy (non-hydrogen) atoms. The van der Waals surface area contributed by atoms with Gasteiger partial charge in [-0.2, -0.15) is 0 Å². The third-order valence-corrected chi connectivity index (χ3v) is 2.33. The molecule has 1 saturated heterocycles. The fraction of sp³-hybridized carbons (Fsp3) is 0.889. The summed E-state index contributed by atoms with van der Waals surface area (Å²) in [5.74, 6) is 0. The van der Waals surface area contributed by atoms with Crippen molar-refractivity contribution in [3.05, 3.63) is 0 Å². The summed E-state index contributed by atoms with van der Waals surface area (Å²) in [7, 11) is 0. The van der Waals surface area contributed by atoms with Gasteiger partial charge < -0.3 is 9.53 Å². The number of rotatable bonds is 4. The third-order valence-electron chi connectivity index (χ3n) is 2.33. The van der Waals surface area contributed by atoms with E-state index in [4.69, 9.17) is 4.74 Å². The lowest BCUT2D eigenvalue weighted by atomic mass is 9.91. The quantitative estimate of drug-likeness (QED) is 0.608. The second kappa shape index (κ2) is 4.55. The van der Waals surface area contributed by atoms with Crippen molar-refractivity contribution >= 4 is 6.29 Å². The van der Waals surface area contributed by atoms with Gasteiger partial charge in [0.05, 0.1) is 6.67 Å². The van der Waals surface area contributed by atoms with Crippen LogP contribution >= 0.6 is 0 Å². The molecular weight excluding hydrogens is 159 g/mol. The van der Waals surface area contributed by atoms with Gasteiger partial charge in [-0.3, -0.25) is 4.39 Å². The number of carbonyl (C=O) groups excluding carboxylic acids is 1. The first-order chi connectivity index (χ1) is 5.83. The zero-order chi connectivity index (χ0) is 8.86. The van der Waals surface area contributed by atoms with Gasteiger partial charge in [0.25, 0.3) is 0 Å². The largest absolute Gasteiger partial charge is 0.368 e. The van der Waals surface area contributed by atoms with Crippen LogP contribution in [0, 0.1) is 0 Å². The van der Waals surface area contributed by atoms with Gasteiger partial charge in [0.15, 0.2) is 6.29 Å². The van der Waals surface area contributed by atoms with Gasteiger partial charge >= 0.3 is 0 Å². The first-order valence-electron chi connectivity index (χ1n) is 4.49. The fourth-order valence-electron chi connectivity index (χ4n) is 1.59. The Morgan fingerprint density at radius 2 is 2.33 bits per heavy atom. The van der Waals surface area contributed by atoms with Crippen LogP contribution in [0.15, 0.2) is 0 Å². The van der Waals surface area contributed by atoms with Crippen LogP contribution in [0.5, 0.6) is 0 Å². The van der Waals surface area contributed by atoms with E-state index >= 15 is 0 Å². The molecule has 2 nitrogen and oxygen atoms in total. The molecular formula is C9H15FO2. The molecule has 0 amide bonds. The second-order valence-corrected chi connectivity index (χ2v) is 3.28. The Hall–Kier alpha value is -0.440. The lowest BCUT2D eigenvalue weighted by molar-refractivity contribution is -0.139. The Bertz CT molecular complexity index is 141. The van der Waals surface area contributed by atoms with Gasteiger partial charge in [0, 0.05) is 6.61 Å². The Morgan fingerprint density at radius 3 is 2.83 bits per heavy atom. The van der Waals surface area contributed by atoms with Crippen molar-refractivity contribution in [3.63, 3.8) is 0 Å². The van der Waals surface area contributed by atoms with Crippen LogP contribution < -0.4 is 0 Å². The Balaban J connectivity index is 2.42. The molecule has 0 aromatic rings. The summed E-state index contributed by atoms with van der Waals surface area (Å²) >= 11 is 0. The summed E-state index contributed by atoms with van der Waals surface area (Å²) in [6.07, 6.45) is 4.61. The Kier molecular flexibility index (Phi) is 3.66. The number of ether oxygens (including phenoxy) is 1. The number of carbonyl (C=O) groups is 1. The minimum absolute atomic E-state index is 0.362. The summed E-state index contributed by atoms with van der Waals surface area (Å²) in [4.78, 5) is 10.7. The van der Waals surface area contributed by atoms with E-state index in [1.165, 1.54) is 0 Å². The predicted molar refractivity (Wildman–Crippen MR) is 43.8 cm³/mol. The predicted octanol–water partition coefficient (Wildman–Crippen LogP) is 1.87. The van der Waals surface area contributed by atoms with Crippen molar-refractivity contribution in [2.45, 2.75) is 37.7 Å². The van der Waals surface area contributed by atoms with Gasteiger partial charge in [-0.25, -0.2) is 0 Å². The second-order valence-electron chi connectivity index (χ2n) is 3.28. The zero-order valence-electron chi connectivity index (χ0n) is 7.22. The molecule has 0 aromatic carbocycles. The molecule has 1 atom stereocenters. The summed E-state index contributed by atoms with van der Waals surface area (Å²) in [6, 6.07) is 0. The molecule has 0 N–H and O–H groups in total. The molecule has 1 rings (SSSR count). The van der Waals surface area contributed by atoms with Crippen molar-refractivity contribution in [3.8, 4) is 0 Å². The maximum atomic E-state index is 11.9. The maximum absolute atomic E-state index is 11.9. The van der Waals surface area contributed by atoms with Crippen molar-refractivity contribution in [2.75, 3.05) is 13.3 Å². The zero-order valence-corrected chi connectivity index (χ0v) is 7.22. The smallest absolute Gasteiger partial charge is 0.151 e. The van der Waals surface area contributed by atoms with Crippen molar-refractivity contribution in [1.29, 1.82) is 0 Å². The van der Waals surface area contributed by atoms with E-state index in [0.29, 0.717) is 19.4 Å². The number of alkyl halides is 1. The number of halogens is 1. The van der Waals surface area contributed by atoms with E-state index < -0.39 is 5.60 Å². The van der Waals surface area contributed by atoms with Gasteiger partial charge in [-0.1, -0.05) is 0 Å². The summed E-state index contributed by atoms with van der Waals surface area (Å²) < 4.78 is 17.3. The third kappa shape index (κ3) is 2.27. The molecule has 1 aliphatic heterocycles. The van der Waals surface area contributed by atoms with E-state index in [-0.39, 0.29) is 6.67 Å². The molecule has 0 aliphatic carbocycles. The van der Waals surface area contributed by atoms with Crippen LogP contribution in [0.1, 0.15) is 32.1 Å². The van der Waals surface area contributed by atoms with Gasteiger partial charge in [0.1, 0.15) is 5.60 Å². The normalized spacial score (nSPS) is 30.1. The van der Waals surface area contributed by atoms with Crippen LogP contribution in [0.3, 0.4) is 0 Å². The molecule has 70 valence electrons. The topological polar surface area (TPSA) is 26.3 Å². The average Bonchev–Trinajstić information content (AvgIpc) is 2.16. The highest BCUT2D eigenvalue weighted by Gasteiger charge is 2.32. The lowest BCUT2D eigenvalue weighted by Crippen LogP contribution is -2.38. The van der Waals surface area contributed by atoms with E-state index in [9.17, 15) is 9.18 Å². The van der Waals surface area contributed by atoms with Crippen molar-refractivity contribution in [2.24, 2.45) is 0 Å². The van der Waals surface area contributed by atoms with Crippen LogP contribution in [0.25, 0.3) is 0 Å². The molecule has 0 radical (unpaired) electrons. The van der Waals surface area contributed by atoms with E-state index in [1.807, 2.05) is 0 Å². The molecule has 3 heteroatoms. The van der Waals surface area contributed by atoms with Gasteiger partial charge in [0.2, 0.25) is 0 Å². The lowest BCUT2D eigenvalue weighted by Gasteiger charge is -2.31. The van der Waals surface area contributed by atoms with Gasteiger partial charge in [-0.15, -0.1) is 0 Å². The highest BCUT2D eigenvalue weighted by atomic mass is 19.1. The first kappa shape index (κ1) is 9.65. The van der Waals surface area contributed by atoms with E-state index in [0.717, 1.165) is 25.5 Å². The van der Waals surface area contributed by atoms with E-state index in [1.54, 1.807) is 0 Å². The summed E-state index contributed by atoms with van der Waals surface area (Å²) in [6.45, 7) is 0.282. The highest BCUT2D eigenvalue weighted by Crippen LogP contribution is 2.27. The van der Waals surface area contributed by atoms with Crippen LogP contribution in [0.2, 0.25) is 0 Å². The Labute approximate surface area is 72.1 Å². The molecule has 0 saturated carbocycles. The van der Waals surface area contributed by atoms with Gasteiger partial charge in [-0.05, 0) is 32.1 Å². The SMILES string of the molecule is O=CC1(CCCF)CCCCO1. The molecule has 1 heterocycles. The van der Waals surface area contributed by atoms with Crippen LogP contribution in [-0.2, 0) is 9.53 Å². The van der Waals surface area contributed by atoms with Crippen LogP contribution in [0.4, 0.5) is 4.39 Å². The molecule has 1 fully saturated rings. The monoisotopic (exact) mass is 174 g/mol. The minimum Gasteiger partial charge on any atom is -0.368 e. The average molecular weight is 174 g/mol. The van der Waals surface area contributed by atoms with Crippen molar-refractivity contribution < 1.29 is 13.9 Å². The molecule has 1 aliphatic rings. The van der Waals surface area contributed by atoms with Crippen LogP contribution in [-0.4, -0.2) is 25.2 Å². The summed E-state index contributed by atoms with van der Waals surface area (Å²) in [5, 5.41) is 0. The fourth-order valence-corrected chi connectivity index (χ4v) is 1.59. The molecule has 0 aromatic heterocycles. The molecule has 0 bridgehead atoms. The molecule has 1 unspecified atom stereocenters. The molecule has 0 spiro atoms. The standard InChI is InChI=1S/C9H15FO2/c10-6-3-5-9(8-11)4-1-2-7-12-9/h8H,1-7H2. The Morgan fingerprint density at radius 1 is 1.50 bits per heavy atom. The highest BCUT2D eigenvalue weighted by molar-refractivity contribution is 5.62. The number of hydrogen-bond donors (Lipinski definition) is 0. The van der Waals surface area contributed by atoms with E-state index in [2.05, 4.69) is 0 Å². The minimum atomic E-state index is -0.648. The number of aldehydes is 1. The first-order valence-corrected chi connectivity index (χ1v) is 4.49.